The maximum atomic E-state index is 3.91. The van der Waals surface area contributed by atoms with Crippen molar-refractivity contribution in [1.82, 2.24) is 0 Å². The fraction of sp³-hybridized carbons (Fsp3) is 0.750. The Labute approximate surface area is 53.5 Å². The van der Waals surface area contributed by atoms with E-state index in [-0.39, 0.29) is 18.9 Å². The normalized spacial score (nSPS) is 10.0. The van der Waals surface area contributed by atoms with E-state index in [4.69, 9.17) is 0 Å². The molecule has 0 saturated heterocycles. The van der Waals surface area contributed by atoms with Crippen molar-refractivity contribution in [2.75, 3.05) is 0 Å². The molecule has 0 nitrogen and oxygen atoms in total. The summed E-state index contributed by atoms with van der Waals surface area (Å²) < 4.78 is 0. The second-order valence-electron chi connectivity index (χ2n) is 2.56. The Kier molecular flexibility index (Phi) is 4.81. The Bertz CT molecular complexity index is 23.0. The van der Waals surface area contributed by atoms with E-state index in [0.717, 1.165) is 0 Å². The van der Waals surface area contributed by atoms with Crippen molar-refractivity contribution in [3.05, 3.63) is 6.55 Å². The fourth-order valence-corrected chi connectivity index (χ4v) is 0. The second-order valence-corrected chi connectivity index (χ2v) is 7.68. The molecule has 0 radical (unpaired) electrons. The second kappa shape index (κ2) is 2.90. The van der Waals surface area contributed by atoms with Crippen LogP contribution in [-0.4, -0.2) is 8.07 Å². The van der Waals surface area contributed by atoms with Gasteiger partial charge in [-0.15, -0.1) is 8.07 Å². The largest absolute Gasteiger partial charge is 1.00 e. The predicted octanol–water partition coefficient (Wildman–Crippen LogP) is -1.30. The molecule has 0 N–H and O–H groups in total. The van der Waals surface area contributed by atoms with Crippen LogP contribution in [0.1, 0.15) is 0 Å². The van der Waals surface area contributed by atoms with Crippen LogP contribution in [0, 0.1) is 6.55 Å². The number of hydrogen-bond donors (Lipinski definition) is 0. The van der Waals surface area contributed by atoms with Crippen LogP contribution >= 0.6 is 0 Å². The molecule has 0 bridgehead atoms. The maximum absolute atomic E-state index is 3.91. The first-order chi connectivity index (χ1) is 2.00. The van der Waals surface area contributed by atoms with Gasteiger partial charge in [0.25, 0.3) is 0 Å². The van der Waals surface area contributed by atoms with Crippen LogP contribution in [0.15, 0.2) is 0 Å². The van der Waals surface area contributed by atoms with Gasteiger partial charge in [0.2, 0.25) is 0 Å². The fourth-order valence-electron chi connectivity index (χ4n) is 0. The topological polar surface area (TPSA) is 0 Å². The summed E-state index contributed by atoms with van der Waals surface area (Å²) in [5.74, 6) is 0. The van der Waals surface area contributed by atoms with E-state index in [1.54, 1.807) is 0 Å². The first-order valence-corrected chi connectivity index (χ1v) is 5.56. The van der Waals surface area contributed by atoms with Crippen molar-refractivity contribution < 1.29 is 18.9 Å². The van der Waals surface area contributed by atoms with E-state index in [0.29, 0.717) is 0 Å². The molecule has 0 aliphatic carbocycles. The Morgan fingerprint density at radius 3 is 1.17 bits per heavy atom. The van der Waals surface area contributed by atoms with Gasteiger partial charge in [0.15, 0.2) is 0 Å². The van der Waals surface area contributed by atoms with Gasteiger partial charge in [-0.05, 0) is 0 Å². The molecule has 0 atom stereocenters. The minimum absolute atomic E-state index is 0. The minimum Gasteiger partial charge on any atom is -0.342 e. The molecule has 0 aliphatic heterocycles. The van der Waals surface area contributed by atoms with Gasteiger partial charge in [-0.2, -0.15) is 0 Å². The van der Waals surface area contributed by atoms with Crippen LogP contribution < -0.4 is 18.9 Å². The third-order valence-electron chi connectivity index (χ3n) is 0. The Morgan fingerprint density at radius 1 is 1.17 bits per heavy atom. The molecule has 0 fully saturated rings. The molecule has 0 aliphatic rings. The van der Waals surface area contributed by atoms with Crippen molar-refractivity contribution >= 4 is 8.07 Å². The van der Waals surface area contributed by atoms with E-state index in [1.165, 1.54) is 0 Å². The van der Waals surface area contributed by atoms with Crippen LogP contribution in [0.3, 0.4) is 0 Å². The maximum Gasteiger partial charge on any atom is 1.00 e. The molecule has 0 amide bonds. The summed E-state index contributed by atoms with van der Waals surface area (Å²) in [6, 6.07) is 0. The van der Waals surface area contributed by atoms with Crippen molar-refractivity contribution in [2.45, 2.75) is 19.6 Å². The quantitative estimate of drug-likeness (QED) is 0.258. The van der Waals surface area contributed by atoms with Crippen molar-refractivity contribution in [3.63, 3.8) is 0 Å². The van der Waals surface area contributed by atoms with Crippen LogP contribution in [0.5, 0.6) is 0 Å². The van der Waals surface area contributed by atoms with Crippen LogP contribution in [0.25, 0.3) is 0 Å². The summed E-state index contributed by atoms with van der Waals surface area (Å²) in [4.78, 5) is 0. The first kappa shape index (κ1) is 9.94. The summed E-state index contributed by atoms with van der Waals surface area (Å²) in [7, 11) is -0.861. The van der Waals surface area contributed by atoms with Gasteiger partial charge in [-0.1, -0.05) is 19.6 Å². The summed E-state index contributed by atoms with van der Waals surface area (Å²) in [5, 5.41) is 0. The molecule has 0 aromatic rings. The Hall–Kier alpha value is 0.814. The Balaban J connectivity index is 0. The zero-order valence-corrected chi connectivity index (χ0v) is 6.21. The van der Waals surface area contributed by atoms with Crippen molar-refractivity contribution in [2.24, 2.45) is 0 Å². The molecule has 0 rings (SSSR count). The summed E-state index contributed by atoms with van der Waals surface area (Å²) in [6.07, 6.45) is 0. The molecular weight excluding hydrogens is 83.1 g/mol. The average Bonchev–Trinajstić information content (AvgIpc) is 0.722. The molecule has 0 unspecified atom stereocenters. The summed E-state index contributed by atoms with van der Waals surface area (Å²) in [6.45, 7) is 10.6. The minimum atomic E-state index is -0.861. The van der Waals surface area contributed by atoms with E-state index in [9.17, 15) is 0 Å². The van der Waals surface area contributed by atoms with E-state index < -0.39 is 8.07 Å². The first-order valence-electron chi connectivity index (χ1n) is 1.85. The van der Waals surface area contributed by atoms with Crippen molar-refractivity contribution in [3.8, 4) is 0 Å². The van der Waals surface area contributed by atoms with E-state index >= 15 is 0 Å². The zero-order chi connectivity index (χ0) is 4.50. The molecular formula is C4H11LiSi. The smallest absolute Gasteiger partial charge is 0.342 e. The standard InChI is InChI=1S/C4H11Si.Li/c1-5(2,3)4;/h1H2,2-4H3;/q-1;+1. The average molecular weight is 94.2 g/mol. The molecule has 6 heavy (non-hydrogen) atoms. The number of rotatable bonds is 0. The molecule has 2 heteroatoms. The Morgan fingerprint density at radius 2 is 1.17 bits per heavy atom. The van der Waals surface area contributed by atoms with Gasteiger partial charge in [-0.3, -0.25) is 0 Å². The van der Waals surface area contributed by atoms with Crippen LogP contribution in [-0.2, 0) is 0 Å². The molecule has 32 valence electrons. The molecule has 0 spiro atoms. The van der Waals surface area contributed by atoms with Gasteiger partial charge in [0.1, 0.15) is 0 Å². The van der Waals surface area contributed by atoms with Crippen molar-refractivity contribution in [1.29, 1.82) is 0 Å². The number of hydrogen-bond acceptors (Lipinski definition) is 0. The summed E-state index contributed by atoms with van der Waals surface area (Å²) in [5.41, 5.74) is 0. The van der Waals surface area contributed by atoms with Gasteiger partial charge in [0, 0.05) is 0 Å². The van der Waals surface area contributed by atoms with Crippen LogP contribution in [0.2, 0.25) is 19.6 Å². The third kappa shape index (κ3) is 106. The van der Waals surface area contributed by atoms with Gasteiger partial charge < -0.3 is 6.55 Å². The molecule has 0 heterocycles. The third-order valence-corrected chi connectivity index (χ3v) is 0. The van der Waals surface area contributed by atoms with Gasteiger partial charge in [-0.25, -0.2) is 0 Å². The molecule has 0 aromatic heterocycles. The van der Waals surface area contributed by atoms with E-state index in [1.807, 2.05) is 0 Å². The summed E-state index contributed by atoms with van der Waals surface area (Å²) >= 11 is 0. The zero-order valence-electron chi connectivity index (χ0n) is 5.21. The van der Waals surface area contributed by atoms with Crippen LogP contribution in [0.4, 0.5) is 0 Å². The van der Waals surface area contributed by atoms with Gasteiger partial charge in [0.05, 0.1) is 0 Å². The molecule has 0 saturated carbocycles. The SMILES string of the molecule is [CH2-][Si](C)(C)C.[Li+]. The monoisotopic (exact) mass is 94.1 g/mol. The van der Waals surface area contributed by atoms with Gasteiger partial charge >= 0.3 is 18.9 Å². The molecule has 0 aromatic carbocycles. The predicted molar refractivity (Wildman–Crippen MR) is 28.7 cm³/mol. The van der Waals surface area contributed by atoms with E-state index in [2.05, 4.69) is 26.2 Å².